The number of esters is 1. The fourth-order valence-corrected chi connectivity index (χ4v) is 2.67. The molecule has 0 aliphatic carbocycles. The molecule has 1 aromatic rings. The first-order chi connectivity index (χ1) is 9.15. The van der Waals surface area contributed by atoms with Crippen LogP contribution in [0.1, 0.15) is 41.7 Å². The second-order valence-electron chi connectivity index (χ2n) is 5.18. The molecular formula is C15H22N2O2. The summed E-state index contributed by atoms with van der Waals surface area (Å²) in [6.45, 7) is 3.34. The molecule has 0 amide bonds. The molecule has 1 heterocycles. The summed E-state index contributed by atoms with van der Waals surface area (Å²) in [5.41, 5.74) is 2.80. The van der Waals surface area contributed by atoms with Crippen molar-refractivity contribution in [1.29, 1.82) is 0 Å². The van der Waals surface area contributed by atoms with Gasteiger partial charge in [0.15, 0.2) is 0 Å². The SMILES string of the molecule is CNc1cc(C(=O)OC)ccc1C1CC(C)CCN1. The number of piperidine rings is 1. The molecule has 4 heteroatoms. The third kappa shape index (κ3) is 3.07. The maximum Gasteiger partial charge on any atom is 0.337 e. The number of carbonyl (C=O) groups is 1. The Kier molecular flexibility index (Phi) is 4.43. The number of nitrogens with one attached hydrogen (secondary N) is 2. The molecule has 104 valence electrons. The number of hydrogen-bond donors (Lipinski definition) is 2. The van der Waals surface area contributed by atoms with Gasteiger partial charge in [0.1, 0.15) is 0 Å². The Morgan fingerprint density at radius 2 is 2.26 bits per heavy atom. The Morgan fingerprint density at radius 1 is 1.47 bits per heavy atom. The fourth-order valence-electron chi connectivity index (χ4n) is 2.67. The Bertz CT molecular complexity index is 459. The van der Waals surface area contributed by atoms with Crippen molar-refractivity contribution < 1.29 is 9.53 Å². The van der Waals surface area contributed by atoms with Gasteiger partial charge in [0.25, 0.3) is 0 Å². The highest BCUT2D eigenvalue weighted by atomic mass is 16.5. The predicted molar refractivity (Wildman–Crippen MR) is 76.5 cm³/mol. The van der Waals surface area contributed by atoms with Gasteiger partial charge in [-0.05, 0) is 43.0 Å². The molecular weight excluding hydrogens is 240 g/mol. The fraction of sp³-hybridized carbons (Fsp3) is 0.533. The zero-order valence-corrected chi connectivity index (χ0v) is 11.8. The summed E-state index contributed by atoms with van der Waals surface area (Å²) in [5.74, 6) is 0.435. The van der Waals surface area contributed by atoms with Crippen LogP contribution in [-0.4, -0.2) is 26.7 Å². The minimum atomic E-state index is -0.298. The summed E-state index contributed by atoms with van der Waals surface area (Å²) in [6.07, 6.45) is 2.36. The number of rotatable bonds is 3. The highest BCUT2D eigenvalue weighted by Gasteiger charge is 2.22. The standard InChI is InChI=1S/C15H22N2O2/c1-10-6-7-17-14(8-10)12-5-4-11(15(18)19-3)9-13(12)16-2/h4-5,9-10,14,16-17H,6-8H2,1-3H3. The van der Waals surface area contributed by atoms with E-state index in [0.717, 1.165) is 24.6 Å². The normalized spacial score (nSPS) is 22.9. The lowest BCUT2D eigenvalue weighted by Gasteiger charge is -2.30. The Hall–Kier alpha value is -1.55. The first-order valence-electron chi connectivity index (χ1n) is 6.79. The van der Waals surface area contributed by atoms with Crippen LogP contribution in [-0.2, 0) is 4.74 Å². The molecule has 1 fully saturated rings. The molecule has 0 radical (unpaired) electrons. The molecule has 2 N–H and O–H groups in total. The minimum Gasteiger partial charge on any atom is -0.465 e. The number of anilines is 1. The van der Waals surface area contributed by atoms with E-state index < -0.39 is 0 Å². The van der Waals surface area contributed by atoms with Crippen LogP contribution in [0.25, 0.3) is 0 Å². The Balaban J connectivity index is 2.27. The average molecular weight is 262 g/mol. The molecule has 1 aliphatic rings. The number of benzene rings is 1. The monoisotopic (exact) mass is 262 g/mol. The quantitative estimate of drug-likeness (QED) is 0.822. The molecule has 4 nitrogen and oxygen atoms in total. The lowest BCUT2D eigenvalue weighted by molar-refractivity contribution is 0.0600. The molecule has 2 atom stereocenters. The number of carbonyl (C=O) groups excluding carboxylic acids is 1. The van der Waals surface area contributed by atoms with Gasteiger partial charge < -0.3 is 15.4 Å². The lowest BCUT2D eigenvalue weighted by Crippen LogP contribution is -2.31. The van der Waals surface area contributed by atoms with Crippen LogP contribution >= 0.6 is 0 Å². The largest absolute Gasteiger partial charge is 0.465 e. The third-order valence-corrected chi connectivity index (χ3v) is 3.79. The summed E-state index contributed by atoms with van der Waals surface area (Å²) < 4.78 is 4.76. The molecule has 19 heavy (non-hydrogen) atoms. The van der Waals surface area contributed by atoms with E-state index in [1.165, 1.54) is 19.1 Å². The van der Waals surface area contributed by atoms with Crippen LogP contribution in [0.4, 0.5) is 5.69 Å². The second kappa shape index (κ2) is 6.06. The van der Waals surface area contributed by atoms with Crippen molar-refractivity contribution in [3.8, 4) is 0 Å². The van der Waals surface area contributed by atoms with Crippen molar-refractivity contribution in [3.63, 3.8) is 0 Å². The zero-order valence-electron chi connectivity index (χ0n) is 11.8. The molecule has 0 spiro atoms. The van der Waals surface area contributed by atoms with Crippen molar-refractivity contribution in [1.82, 2.24) is 5.32 Å². The first kappa shape index (κ1) is 13.9. The van der Waals surface area contributed by atoms with Gasteiger partial charge in [0.2, 0.25) is 0 Å². The van der Waals surface area contributed by atoms with Gasteiger partial charge in [-0.1, -0.05) is 13.0 Å². The molecule has 0 aromatic heterocycles. The molecule has 1 saturated heterocycles. The van der Waals surface area contributed by atoms with Gasteiger partial charge in [-0.25, -0.2) is 4.79 Å². The van der Waals surface area contributed by atoms with E-state index in [0.29, 0.717) is 11.6 Å². The van der Waals surface area contributed by atoms with Crippen LogP contribution in [0.3, 0.4) is 0 Å². The predicted octanol–water partition coefficient (Wildman–Crippen LogP) is 2.58. The van der Waals surface area contributed by atoms with Crippen molar-refractivity contribution in [2.75, 3.05) is 26.0 Å². The average Bonchev–Trinajstić information content (AvgIpc) is 2.45. The van der Waals surface area contributed by atoms with Crippen LogP contribution in [0.2, 0.25) is 0 Å². The number of hydrogen-bond acceptors (Lipinski definition) is 4. The van der Waals surface area contributed by atoms with Crippen LogP contribution in [0.5, 0.6) is 0 Å². The van der Waals surface area contributed by atoms with E-state index in [2.05, 4.69) is 17.6 Å². The van der Waals surface area contributed by atoms with E-state index >= 15 is 0 Å². The van der Waals surface area contributed by atoms with Gasteiger partial charge in [0.05, 0.1) is 12.7 Å². The van der Waals surface area contributed by atoms with Gasteiger partial charge in [-0.15, -0.1) is 0 Å². The summed E-state index contributed by atoms with van der Waals surface area (Å²) in [7, 11) is 3.28. The van der Waals surface area contributed by atoms with Crippen molar-refractivity contribution in [3.05, 3.63) is 29.3 Å². The molecule has 0 saturated carbocycles. The zero-order chi connectivity index (χ0) is 13.8. The highest BCUT2D eigenvalue weighted by molar-refractivity contribution is 5.90. The molecule has 2 rings (SSSR count). The summed E-state index contributed by atoms with van der Waals surface area (Å²) in [5, 5.41) is 6.73. The maximum atomic E-state index is 11.6. The second-order valence-corrected chi connectivity index (χ2v) is 5.18. The highest BCUT2D eigenvalue weighted by Crippen LogP contribution is 2.32. The molecule has 0 bridgehead atoms. The van der Waals surface area contributed by atoms with Gasteiger partial charge >= 0.3 is 5.97 Å². The first-order valence-corrected chi connectivity index (χ1v) is 6.79. The summed E-state index contributed by atoms with van der Waals surface area (Å²) >= 11 is 0. The maximum absolute atomic E-state index is 11.6. The Labute approximate surface area is 114 Å². The third-order valence-electron chi connectivity index (χ3n) is 3.79. The lowest BCUT2D eigenvalue weighted by atomic mass is 9.89. The van der Waals surface area contributed by atoms with Gasteiger partial charge in [0, 0.05) is 18.8 Å². The van der Waals surface area contributed by atoms with Crippen LogP contribution in [0.15, 0.2) is 18.2 Å². The van der Waals surface area contributed by atoms with Crippen molar-refractivity contribution in [2.45, 2.75) is 25.8 Å². The summed E-state index contributed by atoms with van der Waals surface area (Å²) in [6, 6.07) is 6.08. The smallest absolute Gasteiger partial charge is 0.337 e. The molecule has 2 unspecified atom stereocenters. The van der Waals surface area contributed by atoms with E-state index in [9.17, 15) is 4.79 Å². The minimum absolute atomic E-state index is 0.298. The van der Waals surface area contributed by atoms with Gasteiger partial charge in [-0.3, -0.25) is 0 Å². The van der Waals surface area contributed by atoms with Crippen LogP contribution < -0.4 is 10.6 Å². The number of ether oxygens (including phenoxy) is 1. The van der Waals surface area contributed by atoms with E-state index in [1.54, 1.807) is 0 Å². The van der Waals surface area contributed by atoms with Gasteiger partial charge in [-0.2, -0.15) is 0 Å². The van der Waals surface area contributed by atoms with E-state index in [4.69, 9.17) is 4.74 Å². The Morgan fingerprint density at radius 3 is 2.89 bits per heavy atom. The van der Waals surface area contributed by atoms with Crippen molar-refractivity contribution >= 4 is 11.7 Å². The van der Waals surface area contributed by atoms with Crippen molar-refractivity contribution in [2.24, 2.45) is 5.92 Å². The number of methoxy groups -OCH3 is 1. The molecule has 1 aliphatic heterocycles. The van der Waals surface area contributed by atoms with E-state index in [-0.39, 0.29) is 5.97 Å². The van der Waals surface area contributed by atoms with Crippen LogP contribution in [0, 0.1) is 5.92 Å². The summed E-state index contributed by atoms with van der Waals surface area (Å²) in [4.78, 5) is 11.6. The van der Waals surface area contributed by atoms with E-state index in [1.807, 2.05) is 25.2 Å². The molecule has 1 aromatic carbocycles. The topological polar surface area (TPSA) is 50.4 Å².